The molecule has 16 heavy (non-hydrogen) atoms. The van der Waals surface area contributed by atoms with Crippen LogP contribution in [0.25, 0.3) is 0 Å². The summed E-state index contributed by atoms with van der Waals surface area (Å²) in [7, 11) is 0. The van der Waals surface area contributed by atoms with Crippen molar-refractivity contribution in [3.63, 3.8) is 0 Å². The monoisotopic (exact) mass is 305 g/mol. The highest BCUT2D eigenvalue weighted by atomic mass is 79.9. The normalized spacial score (nSPS) is 12.9. The van der Waals surface area contributed by atoms with E-state index in [2.05, 4.69) is 39.6 Å². The lowest BCUT2D eigenvalue weighted by atomic mass is 10.2. The summed E-state index contributed by atoms with van der Waals surface area (Å²) >= 11 is 5.38. The van der Waals surface area contributed by atoms with Gasteiger partial charge in [-0.1, -0.05) is 6.92 Å². The van der Waals surface area contributed by atoms with Gasteiger partial charge in [0.25, 0.3) is 0 Å². The number of nitrogens with one attached hydrogen (secondary N) is 1. The van der Waals surface area contributed by atoms with Crippen molar-refractivity contribution in [2.24, 2.45) is 0 Å². The molecule has 4 heteroatoms. The van der Waals surface area contributed by atoms with E-state index in [9.17, 15) is 0 Å². The van der Waals surface area contributed by atoms with Gasteiger partial charge < -0.3 is 10.1 Å². The Bertz CT molecular complexity index is 282. The van der Waals surface area contributed by atoms with Gasteiger partial charge in [0.05, 0.1) is 6.61 Å². The van der Waals surface area contributed by atoms with Gasteiger partial charge in [-0.15, -0.1) is 11.3 Å². The molecular formula is C12H20BrNOS. The lowest BCUT2D eigenvalue weighted by Gasteiger charge is -2.17. The molecule has 0 aliphatic heterocycles. The third-order valence-corrected chi connectivity index (χ3v) is 4.28. The topological polar surface area (TPSA) is 21.3 Å². The zero-order chi connectivity index (χ0) is 11.8. The van der Waals surface area contributed by atoms with Crippen LogP contribution in [0.15, 0.2) is 15.9 Å². The molecule has 1 aromatic rings. The van der Waals surface area contributed by atoms with Crippen LogP contribution in [0, 0.1) is 0 Å². The molecule has 0 radical (unpaired) electrons. The minimum atomic E-state index is 0.426. The number of ether oxygens (including phenoxy) is 1. The van der Waals surface area contributed by atoms with E-state index in [4.69, 9.17) is 4.74 Å². The number of thiophene rings is 1. The number of rotatable bonds is 8. The first-order valence-corrected chi connectivity index (χ1v) is 7.48. The van der Waals surface area contributed by atoms with Gasteiger partial charge in [-0.25, -0.2) is 0 Å². The predicted octanol–water partition coefficient (Wildman–Crippen LogP) is 3.46. The Labute approximate surface area is 111 Å². The first-order valence-electron chi connectivity index (χ1n) is 5.80. The molecule has 0 aliphatic rings. The van der Waals surface area contributed by atoms with Crippen LogP contribution in [-0.4, -0.2) is 25.8 Å². The number of hydrogen-bond acceptors (Lipinski definition) is 3. The average molecular weight is 306 g/mol. The highest BCUT2D eigenvalue weighted by Gasteiger charge is 2.11. The number of halogens is 1. The summed E-state index contributed by atoms with van der Waals surface area (Å²) in [4.78, 5) is 1.40. The van der Waals surface area contributed by atoms with Crippen molar-refractivity contribution in [1.82, 2.24) is 5.32 Å². The van der Waals surface area contributed by atoms with Gasteiger partial charge in [-0.3, -0.25) is 0 Å². The van der Waals surface area contributed by atoms with Crippen LogP contribution in [0.4, 0.5) is 0 Å². The molecule has 1 aromatic heterocycles. The Morgan fingerprint density at radius 1 is 1.50 bits per heavy atom. The molecule has 0 bridgehead atoms. The summed E-state index contributed by atoms with van der Waals surface area (Å²) in [6.07, 6.45) is 2.20. The fourth-order valence-electron chi connectivity index (χ4n) is 1.49. The van der Waals surface area contributed by atoms with E-state index in [1.54, 1.807) is 11.3 Å². The molecule has 0 saturated heterocycles. The molecular weight excluding hydrogens is 286 g/mol. The lowest BCUT2D eigenvalue weighted by molar-refractivity contribution is 0.123. The van der Waals surface area contributed by atoms with Crippen LogP contribution in [0.5, 0.6) is 0 Å². The average Bonchev–Trinajstić information content (AvgIpc) is 2.68. The Morgan fingerprint density at radius 3 is 2.88 bits per heavy atom. The van der Waals surface area contributed by atoms with Crippen LogP contribution in [0.1, 0.15) is 25.1 Å². The Kier molecular flexibility index (Phi) is 7.28. The predicted molar refractivity (Wildman–Crippen MR) is 74.3 cm³/mol. The Hall–Kier alpha value is 0.100. The lowest BCUT2D eigenvalue weighted by Crippen LogP contribution is -2.35. The smallest absolute Gasteiger partial charge is 0.0623 e. The minimum absolute atomic E-state index is 0.426. The van der Waals surface area contributed by atoms with E-state index in [0.29, 0.717) is 6.04 Å². The Morgan fingerprint density at radius 2 is 2.31 bits per heavy atom. The SMILES string of the molecule is CCCNC(COCC)Cc1sccc1Br. The summed E-state index contributed by atoms with van der Waals surface area (Å²) in [5.41, 5.74) is 0. The van der Waals surface area contributed by atoms with Crippen molar-refractivity contribution in [3.05, 3.63) is 20.8 Å². The van der Waals surface area contributed by atoms with Gasteiger partial charge in [0.1, 0.15) is 0 Å². The zero-order valence-corrected chi connectivity index (χ0v) is 12.4. The minimum Gasteiger partial charge on any atom is -0.380 e. The van der Waals surface area contributed by atoms with Gasteiger partial charge in [0.15, 0.2) is 0 Å². The highest BCUT2D eigenvalue weighted by molar-refractivity contribution is 9.10. The van der Waals surface area contributed by atoms with Gasteiger partial charge in [0.2, 0.25) is 0 Å². The van der Waals surface area contributed by atoms with E-state index in [1.165, 1.54) is 9.35 Å². The van der Waals surface area contributed by atoms with Gasteiger partial charge in [-0.2, -0.15) is 0 Å². The largest absolute Gasteiger partial charge is 0.380 e. The van der Waals surface area contributed by atoms with Crippen LogP contribution in [0.3, 0.4) is 0 Å². The molecule has 0 saturated carbocycles. The molecule has 1 unspecified atom stereocenters. The fourth-order valence-corrected chi connectivity index (χ4v) is 3.09. The molecule has 1 atom stereocenters. The van der Waals surface area contributed by atoms with E-state index >= 15 is 0 Å². The Balaban J connectivity index is 2.45. The summed E-state index contributed by atoms with van der Waals surface area (Å²) < 4.78 is 6.73. The van der Waals surface area contributed by atoms with Crippen molar-refractivity contribution in [2.45, 2.75) is 32.7 Å². The van der Waals surface area contributed by atoms with Gasteiger partial charge in [0, 0.05) is 28.4 Å². The van der Waals surface area contributed by atoms with Crippen LogP contribution in [0.2, 0.25) is 0 Å². The second kappa shape index (κ2) is 8.23. The maximum Gasteiger partial charge on any atom is 0.0623 e. The molecule has 0 fully saturated rings. The van der Waals surface area contributed by atoms with Crippen LogP contribution >= 0.6 is 27.3 Å². The van der Waals surface area contributed by atoms with E-state index in [0.717, 1.165) is 32.6 Å². The zero-order valence-electron chi connectivity index (χ0n) is 9.96. The van der Waals surface area contributed by atoms with Crippen LogP contribution in [-0.2, 0) is 11.2 Å². The first-order chi connectivity index (χ1) is 7.77. The highest BCUT2D eigenvalue weighted by Crippen LogP contribution is 2.24. The molecule has 1 heterocycles. The van der Waals surface area contributed by atoms with Gasteiger partial charge >= 0.3 is 0 Å². The van der Waals surface area contributed by atoms with Crippen molar-refractivity contribution >= 4 is 27.3 Å². The summed E-state index contributed by atoms with van der Waals surface area (Å²) in [6.45, 7) is 6.86. The molecule has 92 valence electrons. The summed E-state index contributed by atoms with van der Waals surface area (Å²) in [5, 5.41) is 5.65. The molecule has 1 N–H and O–H groups in total. The van der Waals surface area contributed by atoms with Crippen molar-refractivity contribution < 1.29 is 4.74 Å². The molecule has 0 aromatic carbocycles. The third-order valence-electron chi connectivity index (χ3n) is 2.33. The summed E-state index contributed by atoms with van der Waals surface area (Å²) in [5.74, 6) is 0. The second-order valence-corrected chi connectivity index (χ2v) is 5.56. The maximum atomic E-state index is 5.51. The third kappa shape index (κ3) is 4.95. The summed E-state index contributed by atoms with van der Waals surface area (Å²) in [6, 6.07) is 2.53. The van der Waals surface area contributed by atoms with E-state index < -0.39 is 0 Å². The molecule has 0 spiro atoms. The van der Waals surface area contributed by atoms with Crippen molar-refractivity contribution in [3.8, 4) is 0 Å². The molecule has 0 aliphatic carbocycles. The standard InChI is InChI=1S/C12H20BrNOS/c1-3-6-14-10(9-15-4-2)8-12-11(13)5-7-16-12/h5,7,10,14H,3-4,6,8-9H2,1-2H3. The van der Waals surface area contributed by atoms with E-state index in [1.807, 2.05) is 6.92 Å². The quantitative estimate of drug-likeness (QED) is 0.794. The number of hydrogen-bond donors (Lipinski definition) is 1. The van der Waals surface area contributed by atoms with Crippen LogP contribution < -0.4 is 5.32 Å². The molecule has 0 amide bonds. The van der Waals surface area contributed by atoms with E-state index in [-0.39, 0.29) is 0 Å². The van der Waals surface area contributed by atoms with Crippen molar-refractivity contribution in [1.29, 1.82) is 0 Å². The molecule has 1 rings (SSSR count). The molecule has 2 nitrogen and oxygen atoms in total. The maximum absolute atomic E-state index is 5.51. The first kappa shape index (κ1) is 14.2. The fraction of sp³-hybridized carbons (Fsp3) is 0.667. The second-order valence-electron chi connectivity index (χ2n) is 3.71. The van der Waals surface area contributed by atoms with Crippen molar-refractivity contribution in [2.75, 3.05) is 19.8 Å². The van der Waals surface area contributed by atoms with Gasteiger partial charge in [-0.05, 0) is 47.3 Å².